The van der Waals surface area contributed by atoms with Crippen LogP contribution in [-0.2, 0) is 14.3 Å². The molecule has 1 atom stereocenters. The van der Waals surface area contributed by atoms with Crippen LogP contribution in [0.1, 0.15) is 16.8 Å². The summed E-state index contributed by atoms with van der Waals surface area (Å²) in [5.41, 5.74) is 0.423. The summed E-state index contributed by atoms with van der Waals surface area (Å²) in [7, 11) is 2.82. The summed E-state index contributed by atoms with van der Waals surface area (Å²) in [6.45, 7) is -0.571. The Bertz CT molecular complexity index is 874. The van der Waals surface area contributed by atoms with Crippen molar-refractivity contribution in [3.63, 3.8) is 0 Å². The molecule has 0 fully saturated rings. The molecule has 0 saturated carbocycles. The van der Waals surface area contributed by atoms with Gasteiger partial charge >= 0.3 is 5.97 Å². The van der Waals surface area contributed by atoms with E-state index < -0.39 is 30.4 Å². The molecule has 0 aliphatic rings. The maximum absolute atomic E-state index is 12.5. The van der Waals surface area contributed by atoms with Crippen molar-refractivity contribution in [2.24, 2.45) is 0 Å². The van der Waals surface area contributed by atoms with Crippen LogP contribution in [0, 0.1) is 0 Å². The fraction of sp³-hybridized carbons (Fsp3) is 0.350. The molecule has 0 saturated heterocycles. The number of hydrogen-bond acceptors (Lipinski definition) is 9. The first kappa shape index (κ1) is 23.9. The van der Waals surface area contributed by atoms with Crippen molar-refractivity contribution in [1.82, 2.24) is 15.3 Å². The van der Waals surface area contributed by atoms with E-state index in [-0.39, 0.29) is 17.7 Å². The van der Waals surface area contributed by atoms with Crippen molar-refractivity contribution >= 4 is 35.5 Å². The Balaban J connectivity index is 1.95. The highest BCUT2D eigenvalue weighted by Gasteiger charge is 2.23. The van der Waals surface area contributed by atoms with Gasteiger partial charge in [-0.1, -0.05) is 18.2 Å². The van der Waals surface area contributed by atoms with Crippen molar-refractivity contribution in [2.75, 3.05) is 38.2 Å². The molecule has 2 amide bonds. The fourth-order valence-corrected chi connectivity index (χ4v) is 2.85. The van der Waals surface area contributed by atoms with E-state index in [1.807, 2.05) is 6.26 Å². The molecule has 1 aromatic heterocycles. The molecule has 0 spiro atoms. The van der Waals surface area contributed by atoms with E-state index in [1.165, 1.54) is 32.0 Å². The van der Waals surface area contributed by atoms with Gasteiger partial charge in [0, 0.05) is 5.56 Å². The normalized spacial score (nSPS) is 11.2. The van der Waals surface area contributed by atoms with Crippen molar-refractivity contribution in [3.8, 4) is 11.8 Å². The number of amides is 2. The summed E-state index contributed by atoms with van der Waals surface area (Å²) < 4.78 is 15.1. The smallest absolute Gasteiger partial charge is 0.329 e. The quantitative estimate of drug-likeness (QED) is 0.492. The number of aromatic nitrogens is 2. The first-order valence-corrected chi connectivity index (χ1v) is 10.6. The molecule has 0 bridgehead atoms. The van der Waals surface area contributed by atoms with Crippen molar-refractivity contribution in [1.29, 1.82) is 0 Å². The Kier molecular flexibility index (Phi) is 9.56. The number of ether oxygens (including phenoxy) is 3. The number of carbonyl (C=O) groups excluding carboxylic acids is 3. The Hall–Kier alpha value is -3.34. The summed E-state index contributed by atoms with van der Waals surface area (Å²) in [5.74, 6) is -0.809. The Morgan fingerprint density at radius 1 is 1.06 bits per heavy atom. The van der Waals surface area contributed by atoms with Gasteiger partial charge in [0.25, 0.3) is 11.8 Å². The Labute approximate surface area is 184 Å². The Morgan fingerprint density at radius 3 is 2.29 bits per heavy atom. The van der Waals surface area contributed by atoms with Gasteiger partial charge in [0.05, 0.1) is 20.3 Å². The van der Waals surface area contributed by atoms with E-state index in [2.05, 4.69) is 20.6 Å². The maximum atomic E-state index is 12.5. The lowest BCUT2D eigenvalue weighted by molar-refractivity contribution is -0.149. The molecule has 0 aliphatic heterocycles. The minimum absolute atomic E-state index is 0.0615. The van der Waals surface area contributed by atoms with Crippen LogP contribution in [0.15, 0.2) is 36.4 Å². The monoisotopic (exact) mass is 448 g/mol. The molecule has 0 radical (unpaired) electrons. The zero-order chi connectivity index (χ0) is 22.6. The number of carbonyl (C=O) groups is 3. The number of esters is 1. The lowest BCUT2D eigenvalue weighted by Gasteiger charge is -2.17. The summed E-state index contributed by atoms with van der Waals surface area (Å²) >= 11 is 1.52. The first-order valence-electron chi connectivity index (χ1n) is 9.25. The topological polar surface area (TPSA) is 129 Å². The van der Waals surface area contributed by atoms with Crippen LogP contribution in [0.3, 0.4) is 0 Å². The van der Waals surface area contributed by atoms with E-state index in [9.17, 15) is 14.4 Å². The van der Waals surface area contributed by atoms with Crippen LogP contribution in [0.5, 0.6) is 11.8 Å². The van der Waals surface area contributed by atoms with Gasteiger partial charge in [-0.15, -0.1) is 0 Å². The summed E-state index contributed by atoms with van der Waals surface area (Å²) in [6, 6.07) is 9.08. The number of methoxy groups -OCH3 is 2. The second-order valence-electron chi connectivity index (χ2n) is 6.11. The van der Waals surface area contributed by atoms with Crippen LogP contribution in [0.2, 0.25) is 0 Å². The largest absolute Gasteiger partial charge is 0.481 e. The molecule has 0 aliphatic carbocycles. The minimum atomic E-state index is -0.888. The summed E-state index contributed by atoms with van der Waals surface area (Å²) in [6.07, 6.45) is 2.24. The number of hydrogen-bond donors (Lipinski definition) is 2. The van der Waals surface area contributed by atoms with Gasteiger partial charge in [0.2, 0.25) is 17.7 Å². The molecule has 11 heteroatoms. The first-order chi connectivity index (χ1) is 15.0. The van der Waals surface area contributed by atoms with Crippen molar-refractivity contribution < 1.29 is 28.6 Å². The molecule has 2 rings (SSSR count). The number of thioether (sulfide) groups is 1. The third kappa shape index (κ3) is 7.78. The molecule has 166 valence electrons. The van der Waals surface area contributed by atoms with Crippen LogP contribution in [0.25, 0.3) is 0 Å². The van der Waals surface area contributed by atoms with E-state index >= 15 is 0 Å². The van der Waals surface area contributed by atoms with Crippen molar-refractivity contribution in [2.45, 2.75) is 12.5 Å². The standard InChI is InChI=1S/C20H24N4O6S/c1-28-16-11-17(29-2)24-20(23-16)22-15(25)12-30-19(27)14(9-10-31-3)21-18(26)13-7-5-4-6-8-13/h4-8,11,14H,9-10,12H2,1-3H3,(H,21,26)(H,22,23,24,25)/t14-/m0/s1. The van der Waals surface area contributed by atoms with E-state index in [0.29, 0.717) is 17.7 Å². The lowest BCUT2D eigenvalue weighted by atomic mass is 10.1. The van der Waals surface area contributed by atoms with E-state index in [1.54, 1.807) is 30.3 Å². The molecular formula is C20H24N4O6S. The van der Waals surface area contributed by atoms with Crippen LogP contribution in [0.4, 0.5) is 5.95 Å². The lowest BCUT2D eigenvalue weighted by Crippen LogP contribution is -2.43. The molecular weight excluding hydrogens is 424 g/mol. The molecule has 1 heterocycles. The molecule has 2 N–H and O–H groups in total. The Morgan fingerprint density at radius 2 is 1.71 bits per heavy atom. The SMILES string of the molecule is COc1cc(OC)nc(NC(=O)COC(=O)[C@H](CCSC)NC(=O)c2ccccc2)n1. The second kappa shape index (κ2) is 12.4. The third-order valence-corrected chi connectivity index (χ3v) is 4.57. The zero-order valence-electron chi connectivity index (χ0n) is 17.4. The summed E-state index contributed by atoms with van der Waals surface area (Å²) in [4.78, 5) is 44.9. The number of nitrogens with zero attached hydrogens (tertiary/aromatic N) is 2. The fourth-order valence-electron chi connectivity index (χ4n) is 2.38. The highest BCUT2D eigenvalue weighted by molar-refractivity contribution is 7.98. The highest BCUT2D eigenvalue weighted by atomic mass is 32.2. The molecule has 31 heavy (non-hydrogen) atoms. The molecule has 2 aromatic rings. The summed E-state index contributed by atoms with van der Waals surface area (Å²) in [5, 5.41) is 5.06. The van der Waals surface area contributed by atoms with Gasteiger partial charge in [-0.3, -0.25) is 14.9 Å². The predicted octanol–water partition coefficient (Wildman–Crippen LogP) is 1.53. The van der Waals surface area contributed by atoms with Gasteiger partial charge in [-0.05, 0) is 30.6 Å². The van der Waals surface area contributed by atoms with Gasteiger partial charge in [0.15, 0.2) is 6.61 Å². The average molecular weight is 449 g/mol. The zero-order valence-corrected chi connectivity index (χ0v) is 18.2. The molecule has 1 aromatic carbocycles. The number of anilines is 1. The van der Waals surface area contributed by atoms with E-state index in [0.717, 1.165) is 0 Å². The maximum Gasteiger partial charge on any atom is 0.329 e. The van der Waals surface area contributed by atoms with Gasteiger partial charge < -0.3 is 19.5 Å². The van der Waals surface area contributed by atoms with Gasteiger partial charge in [-0.25, -0.2) is 4.79 Å². The van der Waals surface area contributed by atoms with Crippen LogP contribution >= 0.6 is 11.8 Å². The number of rotatable bonds is 11. The number of benzene rings is 1. The van der Waals surface area contributed by atoms with Crippen LogP contribution < -0.4 is 20.1 Å². The van der Waals surface area contributed by atoms with Crippen LogP contribution in [-0.4, -0.2) is 66.6 Å². The van der Waals surface area contributed by atoms with Gasteiger partial charge in [-0.2, -0.15) is 21.7 Å². The average Bonchev–Trinajstić information content (AvgIpc) is 2.80. The van der Waals surface area contributed by atoms with Crippen molar-refractivity contribution in [3.05, 3.63) is 42.0 Å². The predicted molar refractivity (Wildman–Crippen MR) is 115 cm³/mol. The molecule has 10 nitrogen and oxygen atoms in total. The second-order valence-corrected chi connectivity index (χ2v) is 7.09. The third-order valence-electron chi connectivity index (χ3n) is 3.93. The minimum Gasteiger partial charge on any atom is -0.481 e. The number of nitrogens with one attached hydrogen (secondary N) is 2. The highest BCUT2D eigenvalue weighted by Crippen LogP contribution is 2.17. The van der Waals surface area contributed by atoms with E-state index in [4.69, 9.17) is 14.2 Å². The molecule has 0 unspecified atom stereocenters. The van der Waals surface area contributed by atoms with Gasteiger partial charge in [0.1, 0.15) is 6.04 Å².